The lowest BCUT2D eigenvalue weighted by molar-refractivity contribution is 0.0429. The van der Waals surface area contributed by atoms with Crippen molar-refractivity contribution in [1.29, 1.82) is 0 Å². The van der Waals surface area contributed by atoms with Gasteiger partial charge in [-0.2, -0.15) is 0 Å². The molecule has 0 saturated carbocycles. The highest BCUT2D eigenvalue weighted by atomic mass is 79.9. The van der Waals surface area contributed by atoms with E-state index in [-0.39, 0.29) is 23.5 Å². The number of halogens is 1. The average molecular weight is 384 g/mol. The van der Waals surface area contributed by atoms with E-state index in [0.29, 0.717) is 22.9 Å². The number of hydrogen-bond donors (Lipinski definition) is 1. The molecule has 1 N–H and O–H groups in total. The lowest BCUT2D eigenvalue weighted by Crippen LogP contribution is -2.13. The van der Waals surface area contributed by atoms with Gasteiger partial charge >= 0.3 is 5.97 Å². The summed E-state index contributed by atoms with van der Waals surface area (Å²) in [6.07, 6.45) is 2.35. The lowest BCUT2D eigenvalue weighted by atomic mass is 10.1. The standard InChI is InChI=1S/C16H18BrNO5/c1-10(2)5-6-21-14-8-18-11(7-12(14)19)9-22-16(20)13-3-4-15(17)23-13/h3-4,7-8,10H,5-6,9H2,1-2H3,(H,18,19). The first-order chi connectivity index (χ1) is 11.0. The van der Waals surface area contributed by atoms with Crippen molar-refractivity contribution in [3.8, 4) is 5.75 Å². The summed E-state index contributed by atoms with van der Waals surface area (Å²) in [5.41, 5.74) is 0.226. The third kappa shape index (κ3) is 5.28. The number of ether oxygens (including phenoxy) is 2. The second-order valence-electron chi connectivity index (χ2n) is 5.40. The van der Waals surface area contributed by atoms with Gasteiger partial charge in [0, 0.05) is 12.3 Å². The molecule has 0 bridgehead atoms. The van der Waals surface area contributed by atoms with E-state index in [0.717, 1.165) is 6.42 Å². The van der Waals surface area contributed by atoms with Gasteiger partial charge in [0.15, 0.2) is 10.4 Å². The monoisotopic (exact) mass is 383 g/mol. The van der Waals surface area contributed by atoms with Gasteiger partial charge in [-0.15, -0.1) is 0 Å². The summed E-state index contributed by atoms with van der Waals surface area (Å²) < 4.78 is 16.0. The largest absolute Gasteiger partial charge is 0.488 e. The molecule has 23 heavy (non-hydrogen) atoms. The quantitative estimate of drug-likeness (QED) is 0.739. The number of hydrogen-bond acceptors (Lipinski definition) is 5. The summed E-state index contributed by atoms with van der Waals surface area (Å²) in [5, 5.41) is 0. The predicted octanol–water partition coefficient (Wildman–Crippen LogP) is 3.51. The van der Waals surface area contributed by atoms with Gasteiger partial charge in [0.1, 0.15) is 6.61 Å². The van der Waals surface area contributed by atoms with E-state index in [2.05, 4.69) is 34.8 Å². The molecule has 2 heterocycles. The number of rotatable bonds is 7. The molecule has 124 valence electrons. The molecule has 0 aromatic carbocycles. The van der Waals surface area contributed by atoms with Crippen LogP contribution in [0.1, 0.15) is 36.5 Å². The molecule has 7 heteroatoms. The molecule has 0 saturated heterocycles. The van der Waals surface area contributed by atoms with E-state index >= 15 is 0 Å². The number of furan rings is 1. The second kappa shape index (κ2) is 8.01. The van der Waals surface area contributed by atoms with Crippen LogP contribution in [0.25, 0.3) is 0 Å². The number of carbonyl (C=O) groups excluding carboxylic acids is 1. The lowest BCUT2D eigenvalue weighted by Gasteiger charge is -2.08. The average Bonchev–Trinajstić information content (AvgIpc) is 2.93. The number of carbonyl (C=O) groups is 1. The summed E-state index contributed by atoms with van der Waals surface area (Å²) in [6.45, 7) is 4.60. The van der Waals surface area contributed by atoms with Crippen molar-refractivity contribution in [3.63, 3.8) is 0 Å². The minimum atomic E-state index is -0.603. The van der Waals surface area contributed by atoms with Gasteiger partial charge in [-0.05, 0) is 40.4 Å². The van der Waals surface area contributed by atoms with Crippen LogP contribution in [-0.4, -0.2) is 17.6 Å². The molecule has 2 rings (SSSR count). The van der Waals surface area contributed by atoms with E-state index in [1.165, 1.54) is 18.3 Å². The molecule has 0 aliphatic heterocycles. The van der Waals surface area contributed by atoms with Crippen LogP contribution in [0.3, 0.4) is 0 Å². The van der Waals surface area contributed by atoms with Gasteiger partial charge in [0.2, 0.25) is 11.2 Å². The maximum absolute atomic E-state index is 11.9. The summed E-state index contributed by atoms with van der Waals surface area (Å²) in [4.78, 5) is 26.5. The van der Waals surface area contributed by atoms with Gasteiger partial charge in [0.25, 0.3) is 0 Å². The summed E-state index contributed by atoms with van der Waals surface area (Å²) in [7, 11) is 0. The molecule has 0 fully saturated rings. The fourth-order valence-electron chi connectivity index (χ4n) is 1.74. The summed E-state index contributed by atoms with van der Waals surface area (Å²) >= 11 is 3.11. The fourth-order valence-corrected chi connectivity index (χ4v) is 2.05. The molecule has 2 aromatic rings. The Bertz CT molecular complexity index is 719. The number of esters is 1. The Balaban J connectivity index is 1.90. The Morgan fingerprint density at radius 2 is 2.17 bits per heavy atom. The van der Waals surface area contributed by atoms with Crippen molar-refractivity contribution in [2.75, 3.05) is 6.61 Å². The van der Waals surface area contributed by atoms with Crippen molar-refractivity contribution in [2.45, 2.75) is 26.9 Å². The molecule has 0 aliphatic rings. The first kappa shape index (κ1) is 17.3. The van der Waals surface area contributed by atoms with Crippen LogP contribution < -0.4 is 10.2 Å². The number of pyridine rings is 1. The Morgan fingerprint density at radius 3 is 2.78 bits per heavy atom. The van der Waals surface area contributed by atoms with Crippen LogP contribution in [0.2, 0.25) is 0 Å². The van der Waals surface area contributed by atoms with Crippen LogP contribution in [0, 0.1) is 5.92 Å². The van der Waals surface area contributed by atoms with Crippen LogP contribution in [0.4, 0.5) is 0 Å². The Kier molecular flexibility index (Phi) is 6.04. The molecule has 6 nitrogen and oxygen atoms in total. The van der Waals surface area contributed by atoms with Crippen LogP contribution in [0.15, 0.2) is 38.3 Å². The van der Waals surface area contributed by atoms with Gasteiger partial charge in [0.05, 0.1) is 12.3 Å². The predicted molar refractivity (Wildman–Crippen MR) is 87.5 cm³/mol. The van der Waals surface area contributed by atoms with E-state index in [1.807, 2.05) is 0 Å². The third-order valence-corrected chi connectivity index (χ3v) is 3.45. The second-order valence-corrected chi connectivity index (χ2v) is 6.18. The van der Waals surface area contributed by atoms with Gasteiger partial charge < -0.3 is 18.9 Å². The molecule has 2 aromatic heterocycles. The summed E-state index contributed by atoms with van der Waals surface area (Å²) in [6, 6.07) is 4.46. The zero-order valence-electron chi connectivity index (χ0n) is 12.9. The van der Waals surface area contributed by atoms with E-state index < -0.39 is 5.97 Å². The van der Waals surface area contributed by atoms with Gasteiger partial charge in [-0.1, -0.05) is 13.8 Å². The molecular weight excluding hydrogens is 366 g/mol. The maximum Gasteiger partial charge on any atom is 0.374 e. The van der Waals surface area contributed by atoms with Gasteiger partial charge in [-0.25, -0.2) is 4.79 Å². The number of H-pyrrole nitrogens is 1. The Labute approximate surface area is 141 Å². The van der Waals surface area contributed by atoms with Crippen LogP contribution >= 0.6 is 15.9 Å². The van der Waals surface area contributed by atoms with Gasteiger partial charge in [-0.3, -0.25) is 4.79 Å². The first-order valence-corrected chi connectivity index (χ1v) is 8.02. The molecule has 0 radical (unpaired) electrons. The van der Waals surface area contributed by atoms with Crippen molar-refractivity contribution in [1.82, 2.24) is 4.98 Å². The smallest absolute Gasteiger partial charge is 0.374 e. The number of aromatic nitrogens is 1. The minimum Gasteiger partial charge on any atom is -0.488 e. The highest BCUT2D eigenvalue weighted by molar-refractivity contribution is 9.10. The van der Waals surface area contributed by atoms with Crippen molar-refractivity contribution >= 4 is 21.9 Å². The SMILES string of the molecule is CC(C)CCOc1c[nH]c(COC(=O)c2ccc(Br)o2)cc1=O. The van der Waals surface area contributed by atoms with Crippen LogP contribution in [0.5, 0.6) is 5.75 Å². The van der Waals surface area contributed by atoms with Crippen molar-refractivity contribution in [3.05, 3.63) is 50.7 Å². The fraction of sp³-hybridized carbons (Fsp3) is 0.375. The minimum absolute atomic E-state index is 0.0569. The van der Waals surface area contributed by atoms with E-state index in [1.54, 1.807) is 6.07 Å². The molecule has 0 aliphatic carbocycles. The number of nitrogens with one attached hydrogen (secondary N) is 1. The van der Waals surface area contributed by atoms with E-state index in [9.17, 15) is 9.59 Å². The van der Waals surface area contributed by atoms with Crippen molar-refractivity contribution in [2.24, 2.45) is 5.92 Å². The normalized spacial score (nSPS) is 10.8. The Morgan fingerprint density at radius 1 is 1.39 bits per heavy atom. The molecule has 0 amide bonds. The molecule has 0 atom stereocenters. The zero-order valence-corrected chi connectivity index (χ0v) is 14.5. The molecular formula is C16H18BrNO5. The molecule has 0 spiro atoms. The van der Waals surface area contributed by atoms with Crippen LogP contribution in [-0.2, 0) is 11.3 Å². The highest BCUT2D eigenvalue weighted by Gasteiger charge is 2.12. The topological polar surface area (TPSA) is 81.5 Å². The maximum atomic E-state index is 11.9. The number of aromatic amines is 1. The summed E-state index contributed by atoms with van der Waals surface area (Å²) in [5.74, 6) is 0.256. The third-order valence-electron chi connectivity index (χ3n) is 3.02. The molecule has 0 unspecified atom stereocenters. The van der Waals surface area contributed by atoms with Crippen molar-refractivity contribution < 1.29 is 18.7 Å². The van der Waals surface area contributed by atoms with E-state index in [4.69, 9.17) is 13.9 Å². The first-order valence-electron chi connectivity index (χ1n) is 7.22. The highest BCUT2D eigenvalue weighted by Crippen LogP contribution is 2.15. The Hall–Kier alpha value is -2.02. The zero-order chi connectivity index (χ0) is 16.8.